The average molecular weight is 466 g/mol. The van der Waals surface area contributed by atoms with Crippen molar-refractivity contribution >= 4 is 5.91 Å². The average Bonchev–Trinajstić information content (AvgIpc) is 2.65. The van der Waals surface area contributed by atoms with E-state index in [0.29, 0.717) is 59.4 Å². The SMILES string of the molecule is [CH2-]C.[CH2-]COCCOCCCCCOCCOCCOCCNC(C)=O.[Y]. The molecule has 0 saturated heterocycles. The molecule has 27 heavy (non-hydrogen) atoms. The Morgan fingerprint density at radius 3 is 1.56 bits per heavy atom. The van der Waals surface area contributed by atoms with E-state index < -0.39 is 0 Å². The molecule has 0 aromatic heterocycles. The van der Waals surface area contributed by atoms with Gasteiger partial charge in [0.15, 0.2) is 0 Å². The third kappa shape index (κ3) is 34.3. The minimum Gasteiger partial charge on any atom is -0.411 e. The first-order valence-corrected chi connectivity index (χ1v) is 9.40. The molecule has 1 amide bonds. The van der Waals surface area contributed by atoms with E-state index in [1.165, 1.54) is 6.92 Å². The van der Waals surface area contributed by atoms with Gasteiger partial charge in [0.1, 0.15) is 0 Å². The van der Waals surface area contributed by atoms with Crippen LogP contribution in [0.15, 0.2) is 0 Å². The molecule has 0 heterocycles. The first-order valence-electron chi connectivity index (χ1n) is 9.40. The molecular formula is C19H39NO6Y-2. The van der Waals surface area contributed by atoms with E-state index in [0.717, 1.165) is 32.5 Å². The molecule has 161 valence electrons. The Morgan fingerprint density at radius 1 is 0.704 bits per heavy atom. The predicted molar refractivity (Wildman–Crippen MR) is 103 cm³/mol. The van der Waals surface area contributed by atoms with Crippen LogP contribution in [0.5, 0.6) is 0 Å². The van der Waals surface area contributed by atoms with Crippen LogP contribution in [0, 0.1) is 13.8 Å². The van der Waals surface area contributed by atoms with Gasteiger partial charge in [-0.25, -0.2) is 0 Å². The van der Waals surface area contributed by atoms with Gasteiger partial charge in [-0.15, -0.1) is 0 Å². The third-order valence-corrected chi connectivity index (χ3v) is 2.96. The molecule has 0 rings (SSSR count). The smallest absolute Gasteiger partial charge is 0.216 e. The number of unbranched alkanes of at least 4 members (excludes halogenated alkanes) is 2. The van der Waals surface area contributed by atoms with Crippen molar-refractivity contribution in [3.05, 3.63) is 13.8 Å². The van der Waals surface area contributed by atoms with Gasteiger partial charge in [-0.3, -0.25) is 4.79 Å². The Morgan fingerprint density at radius 2 is 1.11 bits per heavy atom. The van der Waals surface area contributed by atoms with Gasteiger partial charge >= 0.3 is 0 Å². The van der Waals surface area contributed by atoms with Crippen molar-refractivity contribution in [3.63, 3.8) is 0 Å². The van der Waals surface area contributed by atoms with Gasteiger partial charge in [0.25, 0.3) is 0 Å². The molecule has 0 saturated carbocycles. The summed E-state index contributed by atoms with van der Waals surface area (Å²) in [5, 5.41) is 2.66. The summed E-state index contributed by atoms with van der Waals surface area (Å²) in [4.78, 5) is 10.6. The van der Waals surface area contributed by atoms with Gasteiger partial charge in [0.2, 0.25) is 5.91 Å². The maximum Gasteiger partial charge on any atom is 0.216 e. The van der Waals surface area contributed by atoms with E-state index in [9.17, 15) is 4.79 Å². The molecule has 0 atom stereocenters. The van der Waals surface area contributed by atoms with Gasteiger partial charge in [-0.2, -0.15) is 6.92 Å². The van der Waals surface area contributed by atoms with Gasteiger partial charge in [-0.05, 0) is 19.3 Å². The summed E-state index contributed by atoms with van der Waals surface area (Å²) in [5.74, 6) is -0.0427. The molecule has 1 radical (unpaired) electrons. The second kappa shape index (κ2) is 31.1. The van der Waals surface area contributed by atoms with Crippen molar-refractivity contribution in [2.75, 3.05) is 72.6 Å². The first-order chi connectivity index (χ1) is 12.8. The van der Waals surface area contributed by atoms with Gasteiger partial charge in [0.05, 0.1) is 46.2 Å². The van der Waals surface area contributed by atoms with Crippen LogP contribution in [0.1, 0.15) is 33.1 Å². The van der Waals surface area contributed by atoms with Crippen LogP contribution in [0.25, 0.3) is 0 Å². The summed E-state index contributed by atoms with van der Waals surface area (Å²) >= 11 is 0. The second-order valence-electron chi connectivity index (χ2n) is 5.11. The molecule has 0 spiro atoms. The number of carbonyl (C=O) groups is 1. The zero-order chi connectivity index (χ0) is 19.7. The molecule has 7 nitrogen and oxygen atoms in total. The zero-order valence-corrected chi connectivity index (χ0v) is 20.2. The van der Waals surface area contributed by atoms with Crippen molar-refractivity contribution in [2.45, 2.75) is 33.1 Å². The summed E-state index contributed by atoms with van der Waals surface area (Å²) in [6.07, 6.45) is 3.17. The first kappa shape index (κ1) is 32.1. The van der Waals surface area contributed by atoms with Crippen molar-refractivity contribution in [1.82, 2.24) is 5.32 Å². The molecule has 8 heteroatoms. The Labute approximate surface area is 191 Å². The van der Waals surface area contributed by atoms with E-state index in [-0.39, 0.29) is 38.6 Å². The van der Waals surface area contributed by atoms with Crippen molar-refractivity contribution in [2.24, 2.45) is 0 Å². The van der Waals surface area contributed by atoms with E-state index in [1.807, 2.05) is 0 Å². The fourth-order valence-corrected chi connectivity index (χ4v) is 1.75. The molecular weight excluding hydrogens is 427 g/mol. The minimum atomic E-state index is -0.0427. The van der Waals surface area contributed by atoms with Crippen molar-refractivity contribution in [1.29, 1.82) is 0 Å². The predicted octanol–water partition coefficient (Wildman–Crippen LogP) is 2.05. The molecule has 0 aromatic rings. The molecule has 0 aromatic carbocycles. The van der Waals surface area contributed by atoms with Crippen LogP contribution in [0.4, 0.5) is 0 Å². The molecule has 0 aliphatic rings. The number of hydrogen-bond acceptors (Lipinski definition) is 6. The van der Waals surface area contributed by atoms with Gasteiger partial charge < -0.3 is 42.8 Å². The minimum absolute atomic E-state index is 0. The summed E-state index contributed by atoms with van der Waals surface area (Å²) in [6.45, 7) is 16.6. The Bertz CT molecular complexity index is 273. The normalized spacial score (nSPS) is 9.93. The van der Waals surface area contributed by atoms with Crippen molar-refractivity contribution < 1.29 is 61.2 Å². The van der Waals surface area contributed by atoms with Crippen LogP contribution in [0.3, 0.4) is 0 Å². The van der Waals surface area contributed by atoms with Crippen LogP contribution >= 0.6 is 0 Å². The molecule has 1 N–H and O–H groups in total. The maximum absolute atomic E-state index is 10.6. The molecule has 0 bridgehead atoms. The Balaban J connectivity index is -0.00000185. The fourth-order valence-electron chi connectivity index (χ4n) is 1.75. The fraction of sp³-hybridized carbons (Fsp3) is 0.842. The number of carbonyl (C=O) groups excluding carboxylic acids is 1. The number of ether oxygens (including phenoxy) is 5. The Hall–Kier alpha value is 0.374. The monoisotopic (exact) mass is 466 g/mol. The number of hydrogen-bond donors (Lipinski definition) is 1. The van der Waals surface area contributed by atoms with Crippen LogP contribution in [-0.4, -0.2) is 78.5 Å². The topological polar surface area (TPSA) is 75.2 Å². The molecule has 0 unspecified atom stereocenters. The standard InChI is InChI=1S/C17H34NO6.C2H5.Y/c1-3-20-11-12-21-8-5-4-6-9-22-13-15-24-16-14-23-10-7-18-17(2)19;1-2;/h1,3-16H2,2H3,(H,18,19);1H2,2H3;/q2*-1;. The second-order valence-corrected chi connectivity index (χ2v) is 5.11. The number of rotatable bonds is 19. The number of amides is 1. The largest absolute Gasteiger partial charge is 0.411 e. The van der Waals surface area contributed by atoms with E-state index in [2.05, 4.69) is 19.2 Å². The summed E-state index contributed by atoms with van der Waals surface area (Å²) in [6, 6.07) is 0. The van der Waals surface area contributed by atoms with E-state index in [1.54, 1.807) is 6.92 Å². The van der Waals surface area contributed by atoms with Gasteiger partial charge in [-0.1, -0.05) is 6.61 Å². The molecule has 0 aliphatic carbocycles. The van der Waals surface area contributed by atoms with Crippen molar-refractivity contribution in [3.8, 4) is 0 Å². The van der Waals surface area contributed by atoms with Gasteiger partial charge in [0, 0.05) is 59.4 Å². The summed E-state index contributed by atoms with van der Waals surface area (Å²) in [7, 11) is 0. The third-order valence-electron chi connectivity index (χ3n) is 2.96. The van der Waals surface area contributed by atoms with Crippen LogP contribution < -0.4 is 5.32 Å². The van der Waals surface area contributed by atoms with E-state index in [4.69, 9.17) is 23.7 Å². The molecule has 0 fully saturated rings. The van der Waals surface area contributed by atoms with E-state index >= 15 is 0 Å². The molecule has 0 aliphatic heterocycles. The van der Waals surface area contributed by atoms with Crippen LogP contribution in [0.2, 0.25) is 0 Å². The van der Waals surface area contributed by atoms with Crippen LogP contribution in [-0.2, 0) is 61.2 Å². The Kier molecular flexibility index (Phi) is 36.9. The quantitative estimate of drug-likeness (QED) is 0.232. The summed E-state index contributed by atoms with van der Waals surface area (Å²) in [5.41, 5.74) is 0. The maximum atomic E-state index is 10.6. The number of nitrogens with one attached hydrogen (secondary N) is 1. The zero-order valence-electron chi connectivity index (χ0n) is 17.3. The summed E-state index contributed by atoms with van der Waals surface area (Å²) < 4.78 is 26.6.